The Labute approximate surface area is 124 Å². The summed E-state index contributed by atoms with van der Waals surface area (Å²) in [7, 11) is 0. The summed E-state index contributed by atoms with van der Waals surface area (Å²) in [6, 6.07) is 0. The van der Waals surface area contributed by atoms with Crippen LogP contribution < -0.4 is 0 Å². The zero-order valence-electron chi connectivity index (χ0n) is 13.8. The first-order valence-corrected chi connectivity index (χ1v) is 7.31. The third-order valence-corrected chi connectivity index (χ3v) is 2.51. The second kappa shape index (κ2) is 10.2. The van der Waals surface area contributed by atoms with Gasteiger partial charge in [-0.1, -0.05) is 26.7 Å². The standard InChI is InChI=1S/C9H16O2.C3H8O2.C2H6.C2H2/c1-9(2)10-7-5-3-4-6-8(7)11-9;1-3(2,4)5;2*1-2/h7-8H,3-6H2,1-2H3;4-5H,1-2H3;1-2H3;1-2H. The Kier molecular flexibility index (Phi) is 11.0. The molecule has 1 saturated carbocycles. The quantitative estimate of drug-likeness (QED) is 0.531. The lowest BCUT2D eigenvalue weighted by molar-refractivity contribution is -0.145. The first-order valence-electron chi connectivity index (χ1n) is 7.31. The predicted octanol–water partition coefficient (Wildman–Crippen LogP) is 3.06. The molecule has 0 aromatic carbocycles. The summed E-state index contributed by atoms with van der Waals surface area (Å²) < 4.78 is 11.5. The van der Waals surface area contributed by atoms with Gasteiger partial charge in [0.1, 0.15) is 0 Å². The van der Waals surface area contributed by atoms with Crippen molar-refractivity contribution in [2.24, 2.45) is 0 Å². The van der Waals surface area contributed by atoms with Gasteiger partial charge in [-0.15, -0.1) is 12.8 Å². The summed E-state index contributed by atoms with van der Waals surface area (Å²) in [5, 5.41) is 16.2. The second-order valence-electron chi connectivity index (χ2n) is 5.49. The lowest BCUT2D eigenvalue weighted by atomic mass is 9.95. The zero-order valence-corrected chi connectivity index (χ0v) is 13.8. The highest BCUT2D eigenvalue weighted by molar-refractivity contribution is 4.84. The van der Waals surface area contributed by atoms with Gasteiger partial charge in [-0.3, -0.25) is 0 Å². The van der Waals surface area contributed by atoms with Crippen molar-refractivity contribution < 1.29 is 19.7 Å². The summed E-state index contributed by atoms with van der Waals surface area (Å²) in [5.74, 6) is -1.82. The molecule has 0 amide bonds. The van der Waals surface area contributed by atoms with Gasteiger partial charge in [-0.2, -0.15) is 0 Å². The van der Waals surface area contributed by atoms with Crippen LogP contribution in [-0.4, -0.2) is 34.0 Å². The van der Waals surface area contributed by atoms with Crippen LogP contribution in [0.15, 0.2) is 0 Å². The second-order valence-corrected chi connectivity index (χ2v) is 5.49. The molecule has 0 radical (unpaired) electrons. The van der Waals surface area contributed by atoms with E-state index in [4.69, 9.17) is 19.7 Å². The molecule has 120 valence electrons. The van der Waals surface area contributed by atoms with Crippen LogP contribution in [0.4, 0.5) is 0 Å². The minimum Gasteiger partial charge on any atom is -0.366 e. The minimum atomic E-state index is -1.50. The number of fused-ring (bicyclic) bond motifs is 1. The maximum atomic E-state index is 8.08. The van der Waals surface area contributed by atoms with Crippen LogP contribution in [-0.2, 0) is 9.47 Å². The molecule has 20 heavy (non-hydrogen) atoms. The van der Waals surface area contributed by atoms with E-state index in [1.165, 1.54) is 39.5 Å². The highest BCUT2D eigenvalue weighted by Gasteiger charge is 2.41. The third kappa shape index (κ3) is 11.2. The molecule has 1 saturated heterocycles. The normalized spacial score (nSPS) is 26.5. The van der Waals surface area contributed by atoms with Gasteiger partial charge in [0.05, 0.1) is 12.2 Å². The van der Waals surface area contributed by atoms with E-state index in [0.29, 0.717) is 12.2 Å². The first-order chi connectivity index (χ1) is 9.17. The van der Waals surface area contributed by atoms with E-state index in [-0.39, 0.29) is 5.79 Å². The highest BCUT2D eigenvalue weighted by Crippen LogP contribution is 2.36. The van der Waals surface area contributed by atoms with E-state index < -0.39 is 5.79 Å². The van der Waals surface area contributed by atoms with E-state index in [2.05, 4.69) is 12.8 Å². The van der Waals surface area contributed by atoms with Crippen molar-refractivity contribution in [3.8, 4) is 12.8 Å². The number of ether oxygens (including phenoxy) is 2. The molecule has 4 heteroatoms. The molecule has 2 aliphatic rings. The monoisotopic (exact) mass is 288 g/mol. The smallest absolute Gasteiger partial charge is 0.163 e. The SMILES string of the molecule is C#C.CC.CC(C)(O)O.CC1(C)OC2CCCCC2O1. The van der Waals surface area contributed by atoms with Gasteiger partial charge in [0.15, 0.2) is 11.6 Å². The van der Waals surface area contributed by atoms with Crippen LogP contribution in [0.2, 0.25) is 0 Å². The molecule has 0 spiro atoms. The molecule has 1 heterocycles. The van der Waals surface area contributed by atoms with Gasteiger partial charge in [-0.05, 0) is 40.5 Å². The van der Waals surface area contributed by atoms with Crippen molar-refractivity contribution in [3.63, 3.8) is 0 Å². The molecule has 1 aliphatic heterocycles. The van der Waals surface area contributed by atoms with Crippen molar-refractivity contribution in [2.45, 2.75) is 91.0 Å². The van der Waals surface area contributed by atoms with Gasteiger partial charge in [0, 0.05) is 0 Å². The van der Waals surface area contributed by atoms with Crippen LogP contribution in [0, 0.1) is 12.8 Å². The van der Waals surface area contributed by atoms with Crippen LogP contribution in [0.25, 0.3) is 0 Å². The topological polar surface area (TPSA) is 58.9 Å². The van der Waals surface area contributed by atoms with Gasteiger partial charge >= 0.3 is 0 Å². The number of aliphatic hydroxyl groups is 2. The first kappa shape index (κ1) is 21.7. The summed E-state index contributed by atoms with van der Waals surface area (Å²) in [5.41, 5.74) is 0. The third-order valence-electron chi connectivity index (χ3n) is 2.51. The predicted molar refractivity (Wildman–Crippen MR) is 82.0 cm³/mol. The van der Waals surface area contributed by atoms with Crippen molar-refractivity contribution in [3.05, 3.63) is 0 Å². The fourth-order valence-corrected chi connectivity index (χ4v) is 2.09. The van der Waals surface area contributed by atoms with E-state index in [1.54, 1.807) is 0 Å². The van der Waals surface area contributed by atoms with E-state index in [9.17, 15) is 0 Å². The lowest BCUT2D eigenvalue weighted by Crippen LogP contribution is -2.25. The Morgan fingerprint density at radius 3 is 1.45 bits per heavy atom. The lowest BCUT2D eigenvalue weighted by Gasteiger charge is -2.21. The summed E-state index contributed by atoms with van der Waals surface area (Å²) in [6.07, 6.45) is 13.8. The van der Waals surface area contributed by atoms with Gasteiger partial charge < -0.3 is 19.7 Å². The molecule has 1 aliphatic carbocycles. The van der Waals surface area contributed by atoms with Gasteiger partial charge in [-0.25, -0.2) is 0 Å². The maximum Gasteiger partial charge on any atom is 0.163 e. The van der Waals surface area contributed by atoms with E-state index in [0.717, 1.165) is 0 Å². The Morgan fingerprint density at radius 1 is 0.950 bits per heavy atom. The molecular weight excluding hydrogens is 256 g/mol. The van der Waals surface area contributed by atoms with Crippen LogP contribution in [0.5, 0.6) is 0 Å². The molecule has 2 unspecified atom stereocenters. The van der Waals surface area contributed by atoms with Crippen molar-refractivity contribution in [1.82, 2.24) is 0 Å². The van der Waals surface area contributed by atoms with Gasteiger partial charge in [0.2, 0.25) is 0 Å². The summed E-state index contributed by atoms with van der Waals surface area (Å²) >= 11 is 0. The zero-order chi connectivity index (χ0) is 16.4. The fraction of sp³-hybridized carbons (Fsp3) is 0.875. The molecule has 2 rings (SSSR count). The molecule has 2 N–H and O–H groups in total. The largest absolute Gasteiger partial charge is 0.366 e. The molecule has 2 fully saturated rings. The van der Waals surface area contributed by atoms with E-state index >= 15 is 0 Å². The molecule has 0 bridgehead atoms. The molecule has 0 aromatic rings. The Balaban J connectivity index is 0. The number of hydrogen-bond acceptors (Lipinski definition) is 4. The van der Waals surface area contributed by atoms with Crippen molar-refractivity contribution in [2.75, 3.05) is 0 Å². The van der Waals surface area contributed by atoms with Gasteiger partial charge in [0.25, 0.3) is 0 Å². The molecule has 2 atom stereocenters. The molecule has 4 nitrogen and oxygen atoms in total. The molecule has 0 aromatic heterocycles. The summed E-state index contributed by atoms with van der Waals surface area (Å²) in [4.78, 5) is 0. The highest BCUT2D eigenvalue weighted by atomic mass is 16.7. The Bertz CT molecular complexity index is 231. The van der Waals surface area contributed by atoms with Crippen molar-refractivity contribution >= 4 is 0 Å². The fourth-order valence-electron chi connectivity index (χ4n) is 2.09. The minimum absolute atomic E-state index is 0.320. The summed E-state index contributed by atoms with van der Waals surface area (Å²) in [6.45, 7) is 10.6. The average Bonchev–Trinajstić information content (AvgIpc) is 2.66. The van der Waals surface area contributed by atoms with Crippen LogP contribution in [0.3, 0.4) is 0 Å². The number of hydrogen-bond donors (Lipinski definition) is 2. The maximum absolute atomic E-state index is 8.08. The number of rotatable bonds is 0. The average molecular weight is 288 g/mol. The van der Waals surface area contributed by atoms with Crippen LogP contribution in [0.1, 0.15) is 67.2 Å². The Morgan fingerprint density at radius 2 is 1.20 bits per heavy atom. The van der Waals surface area contributed by atoms with Crippen molar-refractivity contribution in [1.29, 1.82) is 0 Å². The van der Waals surface area contributed by atoms with E-state index in [1.807, 2.05) is 27.7 Å². The molecular formula is C16H32O4. The number of terminal acetylenes is 1. The Hall–Kier alpha value is -0.600. The van der Waals surface area contributed by atoms with Crippen LogP contribution >= 0.6 is 0 Å².